The minimum absolute atomic E-state index is 0.514. The van der Waals surface area contributed by atoms with Crippen molar-refractivity contribution in [1.29, 1.82) is 0 Å². The molecule has 2 N–H and O–H groups in total. The van der Waals surface area contributed by atoms with Crippen LogP contribution in [0.25, 0.3) is 38.6 Å². The quantitative estimate of drug-likeness (QED) is 0.432. The highest BCUT2D eigenvalue weighted by Gasteiger charge is 2.38. The summed E-state index contributed by atoms with van der Waals surface area (Å²) in [5.74, 6) is 0. The van der Waals surface area contributed by atoms with E-state index in [4.69, 9.17) is 0 Å². The van der Waals surface area contributed by atoms with Crippen molar-refractivity contribution in [2.24, 2.45) is 0 Å². The molecule has 0 amide bonds. The fourth-order valence-corrected chi connectivity index (χ4v) is 8.33. The Balaban J connectivity index is 1.78. The third-order valence-electron chi connectivity index (χ3n) is 6.80. The van der Waals surface area contributed by atoms with Crippen LogP contribution in [-0.2, 0) is 0 Å². The zero-order valence-corrected chi connectivity index (χ0v) is 18.5. The Labute approximate surface area is 182 Å². The Bertz CT molecular complexity index is 1490. The number of hydrogen-bond donors (Lipinski definition) is 2. The van der Waals surface area contributed by atoms with Crippen LogP contribution in [0.5, 0.6) is 0 Å². The normalized spacial score (nSPS) is 14.1. The van der Waals surface area contributed by atoms with E-state index >= 15 is 0 Å². The predicted molar refractivity (Wildman–Crippen MR) is 133 cm³/mol. The third-order valence-corrected chi connectivity index (χ3v) is 10.3. The van der Waals surface area contributed by atoms with E-state index in [9.17, 15) is 10.0 Å². The number of hydrogen-bond acceptors (Lipinski definition) is 2. The molecule has 6 rings (SSSR count). The molecule has 3 nitrogen and oxygen atoms in total. The van der Waals surface area contributed by atoms with Gasteiger partial charge in [0.25, 0.3) is 0 Å². The monoisotopic (exact) mass is 419 g/mol. The van der Waals surface area contributed by atoms with Crippen molar-refractivity contribution in [2.45, 2.75) is 13.1 Å². The lowest BCUT2D eigenvalue weighted by atomic mass is 9.80. The lowest BCUT2D eigenvalue weighted by Gasteiger charge is -2.18. The predicted octanol–water partition coefficient (Wildman–Crippen LogP) is 3.27. The number of aromatic nitrogens is 1. The minimum atomic E-state index is -1.80. The van der Waals surface area contributed by atoms with Gasteiger partial charge in [-0.25, -0.2) is 0 Å². The molecule has 5 heteroatoms. The topological polar surface area (TPSA) is 45.4 Å². The zero-order chi connectivity index (χ0) is 21.3. The van der Waals surface area contributed by atoms with Crippen molar-refractivity contribution in [3.05, 3.63) is 84.9 Å². The molecule has 0 saturated heterocycles. The molecule has 0 atom stereocenters. The number of fused-ring (bicyclic) bond motifs is 6. The van der Waals surface area contributed by atoms with Crippen molar-refractivity contribution in [2.75, 3.05) is 0 Å². The first kappa shape index (κ1) is 18.6. The molecular formula is C26H22BNO2Si. The SMILES string of the molecule is C[Si]1(C)c2ccccc2-c2cc3c(cc21)c1cc(B(O)O)ccc1n3-c1ccccc1. The molecule has 0 saturated carbocycles. The first-order valence-electron chi connectivity index (χ1n) is 10.6. The highest BCUT2D eigenvalue weighted by molar-refractivity contribution is 7.04. The van der Waals surface area contributed by atoms with Crippen LogP contribution in [0.1, 0.15) is 0 Å². The van der Waals surface area contributed by atoms with E-state index in [1.165, 1.54) is 21.5 Å². The van der Waals surface area contributed by atoms with Gasteiger partial charge < -0.3 is 14.6 Å². The van der Waals surface area contributed by atoms with E-state index < -0.39 is 15.2 Å². The number of rotatable bonds is 2. The van der Waals surface area contributed by atoms with Crippen LogP contribution in [0, 0.1) is 0 Å². The van der Waals surface area contributed by atoms with Crippen LogP contribution < -0.4 is 15.8 Å². The zero-order valence-electron chi connectivity index (χ0n) is 17.5. The second-order valence-electron chi connectivity index (χ2n) is 8.91. The maximum Gasteiger partial charge on any atom is 0.488 e. The van der Waals surface area contributed by atoms with Crippen molar-refractivity contribution < 1.29 is 10.0 Å². The van der Waals surface area contributed by atoms with E-state index in [0.29, 0.717) is 5.46 Å². The summed E-state index contributed by atoms with van der Waals surface area (Å²) in [7, 11) is -3.28. The standard InChI is InChI=1S/C26H22BNO2Si/c1-31(2)25-11-7-6-10-19(25)22-15-24-21(16-26(22)31)20-14-17(27(29)30)12-13-23(20)28(24)18-8-4-3-5-9-18/h3-16,29-30H,1-2H3. The van der Waals surface area contributed by atoms with Crippen molar-refractivity contribution >= 4 is 52.8 Å². The molecule has 0 radical (unpaired) electrons. The van der Waals surface area contributed by atoms with Gasteiger partial charge in [-0.2, -0.15) is 0 Å². The first-order valence-corrected chi connectivity index (χ1v) is 13.6. The summed E-state index contributed by atoms with van der Waals surface area (Å²) in [5, 5.41) is 24.7. The molecule has 150 valence electrons. The summed E-state index contributed by atoms with van der Waals surface area (Å²) in [5.41, 5.74) is 6.52. The van der Waals surface area contributed by atoms with Crippen molar-refractivity contribution in [3.8, 4) is 16.8 Å². The van der Waals surface area contributed by atoms with Gasteiger partial charge in [-0.15, -0.1) is 0 Å². The van der Waals surface area contributed by atoms with Crippen molar-refractivity contribution in [3.63, 3.8) is 0 Å². The van der Waals surface area contributed by atoms with Crippen molar-refractivity contribution in [1.82, 2.24) is 4.57 Å². The van der Waals surface area contributed by atoms with Gasteiger partial charge in [-0.1, -0.05) is 73.8 Å². The molecule has 5 aromatic rings. The van der Waals surface area contributed by atoms with E-state index in [1.54, 1.807) is 6.07 Å². The lowest BCUT2D eigenvalue weighted by molar-refractivity contribution is 0.426. The van der Waals surface area contributed by atoms with Gasteiger partial charge in [-0.05, 0) is 51.2 Å². The van der Waals surface area contributed by atoms with Gasteiger partial charge in [0.15, 0.2) is 0 Å². The Morgan fingerprint density at radius 1 is 0.677 bits per heavy atom. The summed E-state index contributed by atoms with van der Waals surface area (Å²) >= 11 is 0. The van der Waals surface area contributed by atoms with E-state index in [-0.39, 0.29) is 0 Å². The molecule has 1 aromatic heterocycles. The largest absolute Gasteiger partial charge is 0.488 e. The third kappa shape index (κ3) is 2.54. The fourth-order valence-electron chi connectivity index (χ4n) is 5.25. The van der Waals surface area contributed by atoms with Crippen LogP contribution in [0.2, 0.25) is 13.1 Å². The molecule has 4 aromatic carbocycles. The molecule has 1 aliphatic rings. The first-order chi connectivity index (χ1) is 15.0. The van der Waals surface area contributed by atoms with Gasteiger partial charge in [0.1, 0.15) is 8.07 Å². The molecule has 0 spiro atoms. The van der Waals surface area contributed by atoms with Gasteiger partial charge in [0.2, 0.25) is 0 Å². The van der Waals surface area contributed by atoms with Gasteiger partial charge in [0.05, 0.1) is 11.0 Å². The number of benzene rings is 4. The average Bonchev–Trinajstić information content (AvgIpc) is 3.22. The molecule has 0 fully saturated rings. The summed E-state index contributed by atoms with van der Waals surface area (Å²) < 4.78 is 2.29. The average molecular weight is 419 g/mol. The summed E-state index contributed by atoms with van der Waals surface area (Å²) in [6.45, 7) is 4.84. The molecule has 2 heterocycles. The van der Waals surface area contributed by atoms with Gasteiger partial charge in [0, 0.05) is 16.5 Å². The molecule has 31 heavy (non-hydrogen) atoms. The van der Waals surface area contributed by atoms with E-state index in [2.05, 4.69) is 78.3 Å². The van der Waals surface area contributed by atoms with Crippen LogP contribution in [0.3, 0.4) is 0 Å². The Morgan fingerprint density at radius 3 is 2.16 bits per heavy atom. The van der Waals surface area contributed by atoms with Gasteiger partial charge >= 0.3 is 7.12 Å². The maximum atomic E-state index is 9.79. The second kappa shape index (κ2) is 6.44. The van der Waals surface area contributed by atoms with Gasteiger partial charge in [-0.3, -0.25) is 0 Å². The van der Waals surface area contributed by atoms with Crippen LogP contribution in [0.4, 0.5) is 0 Å². The van der Waals surface area contributed by atoms with E-state index in [0.717, 1.165) is 27.5 Å². The Kier molecular flexibility index (Phi) is 3.87. The smallest absolute Gasteiger partial charge is 0.423 e. The lowest BCUT2D eigenvalue weighted by Crippen LogP contribution is -2.49. The fraction of sp³-hybridized carbons (Fsp3) is 0.0769. The highest BCUT2D eigenvalue weighted by atomic mass is 28.3. The van der Waals surface area contributed by atoms with E-state index in [1.807, 2.05) is 18.2 Å². The molecule has 0 aliphatic carbocycles. The Morgan fingerprint density at radius 2 is 1.39 bits per heavy atom. The number of nitrogens with zero attached hydrogens (tertiary/aromatic N) is 1. The second-order valence-corrected chi connectivity index (χ2v) is 13.2. The van der Waals surface area contributed by atoms with Crippen LogP contribution in [0.15, 0.2) is 84.9 Å². The summed E-state index contributed by atoms with van der Waals surface area (Å²) in [4.78, 5) is 0. The van der Waals surface area contributed by atoms with Crippen LogP contribution >= 0.6 is 0 Å². The molecule has 1 aliphatic heterocycles. The number of para-hydroxylation sites is 1. The summed E-state index contributed by atoms with van der Waals surface area (Å²) in [6, 6.07) is 29.6. The Hall–Kier alpha value is -3.12. The molecule has 0 unspecified atom stereocenters. The van der Waals surface area contributed by atoms with Crippen LogP contribution in [-0.4, -0.2) is 29.8 Å². The highest BCUT2D eigenvalue weighted by Crippen LogP contribution is 2.37. The molecule has 0 bridgehead atoms. The maximum absolute atomic E-state index is 9.79. The summed E-state index contributed by atoms with van der Waals surface area (Å²) in [6.07, 6.45) is 0. The molecular weight excluding hydrogens is 397 g/mol. The minimum Gasteiger partial charge on any atom is -0.423 e.